The maximum absolute atomic E-state index is 14.3. The first-order valence-electron chi connectivity index (χ1n) is 10.8. The lowest BCUT2D eigenvalue weighted by Crippen LogP contribution is -2.36. The Labute approximate surface area is 198 Å². The standard InChI is InChI=1S/C24H29ClFN3O2S/c1-4-28(5-2)13-16(3)12-27-24(31)17-9-10-22-21(11-17)29(23(30)15-32-22)14-18-19(25)7-6-8-20(18)26/h6-11,16H,4-5,12-15H2,1-3H3,(H,27,31)/t16-/m0/s1. The van der Waals surface area contributed by atoms with E-state index >= 15 is 0 Å². The van der Waals surface area contributed by atoms with E-state index in [2.05, 4.69) is 31.0 Å². The predicted octanol–water partition coefficient (Wildman–Crippen LogP) is 4.83. The fourth-order valence-corrected chi connectivity index (χ4v) is 4.85. The zero-order valence-electron chi connectivity index (χ0n) is 18.7. The number of rotatable bonds is 9. The van der Waals surface area contributed by atoms with E-state index in [0.717, 1.165) is 24.5 Å². The molecule has 1 heterocycles. The molecule has 0 saturated carbocycles. The molecule has 0 bridgehead atoms. The van der Waals surface area contributed by atoms with Gasteiger partial charge in [-0.3, -0.25) is 9.59 Å². The lowest BCUT2D eigenvalue weighted by atomic mass is 10.1. The second-order valence-corrected chi connectivity index (χ2v) is 9.38. The van der Waals surface area contributed by atoms with E-state index in [1.165, 1.54) is 28.8 Å². The average Bonchev–Trinajstić information content (AvgIpc) is 2.79. The Morgan fingerprint density at radius 1 is 1.28 bits per heavy atom. The summed E-state index contributed by atoms with van der Waals surface area (Å²) in [5, 5.41) is 3.27. The van der Waals surface area contributed by atoms with E-state index in [1.807, 2.05) is 6.07 Å². The molecule has 2 aromatic rings. The summed E-state index contributed by atoms with van der Waals surface area (Å²) in [5.74, 6) is -0.221. The van der Waals surface area contributed by atoms with Crippen LogP contribution in [0.3, 0.4) is 0 Å². The first-order chi connectivity index (χ1) is 15.3. The van der Waals surface area contributed by atoms with Crippen molar-refractivity contribution in [1.29, 1.82) is 0 Å². The molecular formula is C24H29ClFN3O2S. The molecular weight excluding hydrogens is 449 g/mol. The van der Waals surface area contributed by atoms with Crippen LogP contribution < -0.4 is 10.2 Å². The van der Waals surface area contributed by atoms with Crippen LogP contribution in [0, 0.1) is 11.7 Å². The summed E-state index contributed by atoms with van der Waals surface area (Å²) in [4.78, 5) is 30.2. The van der Waals surface area contributed by atoms with Crippen LogP contribution in [-0.2, 0) is 11.3 Å². The summed E-state index contributed by atoms with van der Waals surface area (Å²) in [6, 6.07) is 9.78. The Morgan fingerprint density at radius 2 is 2.03 bits per heavy atom. The Morgan fingerprint density at radius 3 is 2.72 bits per heavy atom. The van der Waals surface area contributed by atoms with E-state index in [4.69, 9.17) is 11.6 Å². The summed E-state index contributed by atoms with van der Waals surface area (Å²) in [6.45, 7) is 9.82. The number of fused-ring (bicyclic) bond motifs is 1. The third-order valence-electron chi connectivity index (χ3n) is 5.62. The zero-order valence-corrected chi connectivity index (χ0v) is 20.2. The van der Waals surface area contributed by atoms with Gasteiger partial charge in [-0.15, -0.1) is 11.8 Å². The van der Waals surface area contributed by atoms with E-state index in [1.54, 1.807) is 18.2 Å². The second kappa shape index (κ2) is 11.2. The largest absolute Gasteiger partial charge is 0.352 e. The van der Waals surface area contributed by atoms with Gasteiger partial charge < -0.3 is 15.1 Å². The van der Waals surface area contributed by atoms with Gasteiger partial charge in [-0.25, -0.2) is 4.39 Å². The molecule has 3 rings (SSSR count). The van der Waals surface area contributed by atoms with Crippen molar-refractivity contribution in [2.75, 3.05) is 36.8 Å². The van der Waals surface area contributed by atoms with Gasteiger partial charge in [0, 0.05) is 34.1 Å². The predicted molar refractivity (Wildman–Crippen MR) is 129 cm³/mol. The van der Waals surface area contributed by atoms with Gasteiger partial charge in [-0.05, 0) is 49.3 Å². The molecule has 32 heavy (non-hydrogen) atoms. The Bertz CT molecular complexity index is 963. The number of nitrogens with zero attached hydrogens (tertiary/aromatic N) is 2. The van der Waals surface area contributed by atoms with Crippen LogP contribution >= 0.6 is 23.4 Å². The summed E-state index contributed by atoms with van der Waals surface area (Å²) < 4.78 is 14.3. The summed E-state index contributed by atoms with van der Waals surface area (Å²) >= 11 is 7.60. The molecule has 1 aliphatic rings. The molecule has 1 N–H and O–H groups in total. The molecule has 5 nitrogen and oxygen atoms in total. The van der Waals surface area contributed by atoms with Crippen LogP contribution in [0.4, 0.5) is 10.1 Å². The number of carbonyl (C=O) groups is 2. The van der Waals surface area contributed by atoms with Crippen LogP contribution in [0.1, 0.15) is 36.7 Å². The normalized spacial score (nSPS) is 14.4. The van der Waals surface area contributed by atoms with Crippen molar-refractivity contribution < 1.29 is 14.0 Å². The minimum atomic E-state index is -0.457. The smallest absolute Gasteiger partial charge is 0.251 e. The van der Waals surface area contributed by atoms with Crippen molar-refractivity contribution in [1.82, 2.24) is 10.2 Å². The fourth-order valence-electron chi connectivity index (χ4n) is 3.71. The number of nitrogens with one attached hydrogen (secondary N) is 1. The number of anilines is 1. The van der Waals surface area contributed by atoms with Crippen LogP contribution in [0.25, 0.3) is 0 Å². The van der Waals surface area contributed by atoms with E-state index in [0.29, 0.717) is 23.7 Å². The Balaban J connectivity index is 1.76. The zero-order chi connectivity index (χ0) is 23.3. The Hall–Kier alpha value is -2.09. The highest BCUT2D eigenvalue weighted by molar-refractivity contribution is 8.00. The van der Waals surface area contributed by atoms with Gasteiger partial charge >= 0.3 is 0 Å². The first kappa shape index (κ1) is 24.6. The van der Waals surface area contributed by atoms with Crippen molar-refractivity contribution in [3.8, 4) is 0 Å². The lowest BCUT2D eigenvalue weighted by molar-refractivity contribution is -0.116. The molecule has 0 spiro atoms. The quantitative estimate of drug-likeness (QED) is 0.562. The van der Waals surface area contributed by atoms with Crippen LogP contribution in [0.5, 0.6) is 0 Å². The van der Waals surface area contributed by atoms with Crippen LogP contribution in [0.2, 0.25) is 5.02 Å². The number of amides is 2. The molecule has 1 aliphatic heterocycles. The van der Waals surface area contributed by atoms with Gasteiger partial charge in [0.15, 0.2) is 0 Å². The fraction of sp³-hybridized carbons (Fsp3) is 0.417. The third kappa shape index (κ3) is 5.82. The number of thioether (sulfide) groups is 1. The number of halogens is 2. The summed E-state index contributed by atoms with van der Waals surface area (Å²) in [7, 11) is 0. The minimum absolute atomic E-state index is 0.0177. The highest BCUT2D eigenvalue weighted by Crippen LogP contribution is 2.37. The molecule has 2 amide bonds. The number of carbonyl (C=O) groups excluding carboxylic acids is 2. The number of hydrogen-bond acceptors (Lipinski definition) is 4. The molecule has 8 heteroatoms. The molecule has 0 aliphatic carbocycles. The second-order valence-electron chi connectivity index (χ2n) is 7.95. The lowest BCUT2D eigenvalue weighted by Gasteiger charge is -2.30. The maximum Gasteiger partial charge on any atom is 0.251 e. The van der Waals surface area contributed by atoms with Crippen molar-refractivity contribution in [3.63, 3.8) is 0 Å². The maximum atomic E-state index is 14.3. The van der Waals surface area contributed by atoms with Gasteiger partial charge in [-0.1, -0.05) is 38.4 Å². The minimum Gasteiger partial charge on any atom is -0.352 e. The van der Waals surface area contributed by atoms with Gasteiger partial charge in [0.2, 0.25) is 5.91 Å². The van der Waals surface area contributed by atoms with Crippen LogP contribution in [0.15, 0.2) is 41.3 Å². The molecule has 2 aromatic carbocycles. The molecule has 0 fully saturated rings. The molecule has 0 saturated heterocycles. The third-order valence-corrected chi connectivity index (χ3v) is 7.02. The van der Waals surface area contributed by atoms with E-state index in [-0.39, 0.29) is 34.7 Å². The monoisotopic (exact) mass is 477 g/mol. The molecule has 0 aromatic heterocycles. The van der Waals surface area contributed by atoms with Crippen molar-refractivity contribution >= 4 is 40.9 Å². The summed E-state index contributed by atoms with van der Waals surface area (Å²) in [5.41, 5.74) is 1.34. The van der Waals surface area contributed by atoms with Gasteiger partial charge in [-0.2, -0.15) is 0 Å². The van der Waals surface area contributed by atoms with E-state index < -0.39 is 5.82 Å². The van der Waals surface area contributed by atoms with Crippen molar-refractivity contribution in [2.45, 2.75) is 32.2 Å². The number of hydrogen-bond donors (Lipinski definition) is 1. The molecule has 1 atom stereocenters. The van der Waals surface area contributed by atoms with E-state index in [9.17, 15) is 14.0 Å². The highest BCUT2D eigenvalue weighted by Gasteiger charge is 2.27. The molecule has 172 valence electrons. The first-order valence-corrected chi connectivity index (χ1v) is 12.2. The van der Waals surface area contributed by atoms with Gasteiger partial charge in [0.05, 0.1) is 18.0 Å². The molecule has 0 radical (unpaired) electrons. The van der Waals surface area contributed by atoms with Crippen molar-refractivity contribution in [2.24, 2.45) is 5.92 Å². The number of benzene rings is 2. The van der Waals surface area contributed by atoms with Gasteiger partial charge in [0.1, 0.15) is 5.82 Å². The Kier molecular flexibility index (Phi) is 8.57. The van der Waals surface area contributed by atoms with Crippen LogP contribution in [-0.4, -0.2) is 48.6 Å². The highest BCUT2D eigenvalue weighted by atomic mass is 35.5. The molecule has 0 unspecified atom stereocenters. The average molecular weight is 478 g/mol. The van der Waals surface area contributed by atoms with Gasteiger partial charge in [0.25, 0.3) is 5.91 Å². The summed E-state index contributed by atoms with van der Waals surface area (Å²) in [6.07, 6.45) is 0. The van der Waals surface area contributed by atoms with Crippen molar-refractivity contribution in [3.05, 3.63) is 58.4 Å². The SMILES string of the molecule is CCN(CC)C[C@@H](C)CNC(=O)c1ccc2c(c1)N(Cc1c(F)cccc1Cl)C(=O)CS2. The topological polar surface area (TPSA) is 52.7 Å².